The van der Waals surface area contributed by atoms with Crippen molar-refractivity contribution in [3.63, 3.8) is 0 Å². The van der Waals surface area contributed by atoms with E-state index in [0.29, 0.717) is 5.56 Å². The molecule has 0 unspecified atom stereocenters. The number of rotatable bonds is 1. The summed E-state index contributed by atoms with van der Waals surface area (Å²) in [6.07, 6.45) is -4.39. The minimum atomic E-state index is -4.39. The zero-order chi connectivity index (χ0) is 15.5. The smallest absolute Gasteiger partial charge is 0.374 e. The fourth-order valence-corrected chi connectivity index (χ4v) is 1.77. The van der Waals surface area contributed by atoms with Gasteiger partial charge < -0.3 is 5.11 Å². The standard InChI is InChI=1S/C17H13F3O/c1-16(21,12-11-13-5-3-2-4-6-13)14-7-9-15(10-8-14)17(18,19)20/h2-10,21H,1H3/t16-/m1/s1. The minimum absolute atomic E-state index is 0.318. The van der Waals surface area contributed by atoms with Crippen LogP contribution in [0.15, 0.2) is 54.6 Å². The third kappa shape index (κ3) is 3.87. The highest BCUT2D eigenvalue weighted by atomic mass is 19.4. The van der Waals surface area contributed by atoms with Crippen LogP contribution in [0.3, 0.4) is 0 Å². The number of hydrogen-bond acceptors (Lipinski definition) is 1. The summed E-state index contributed by atoms with van der Waals surface area (Å²) in [5.74, 6) is 5.48. The number of hydrogen-bond donors (Lipinski definition) is 1. The number of benzene rings is 2. The van der Waals surface area contributed by atoms with Crippen molar-refractivity contribution in [1.29, 1.82) is 0 Å². The molecule has 2 aromatic rings. The van der Waals surface area contributed by atoms with Crippen LogP contribution in [0.4, 0.5) is 13.2 Å². The van der Waals surface area contributed by atoms with E-state index in [9.17, 15) is 18.3 Å². The maximum Gasteiger partial charge on any atom is 0.416 e. The summed E-state index contributed by atoms with van der Waals surface area (Å²) < 4.78 is 37.5. The van der Waals surface area contributed by atoms with Gasteiger partial charge in [0.2, 0.25) is 0 Å². The molecule has 0 saturated carbocycles. The molecule has 1 atom stereocenters. The predicted octanol–water partition coefficient (Wildman–Crippen LogP) is 3.96. The van der Waals surface area contributed by atoms with Gasteiger partial charge in [-0.1, -0.05) is 42.2 Å². The Morgan fingerprint density at radius 2 is 1.38 bits per heavy atom. The zero-order valence-corrected chi connectivity index (χ0v) is 11.3. The van der Waals surface area contributed by atoms with Gasteiger partial charge in [0.15, 0.2) is 0 Å². The van der Waals surface area contributed by atoms with Crippen molar-refractivity contribution >= 4 is 0 Å². The summed E-state index contributed by atoms with van der Waals surface area (Å²) in [5.41, 5.74) is -1.22. The van der Waals surface area contributed by atoms with Gasteiger partial charge >= 0.3 is 6.18 Å². The van der Waals surface area contributed by atoms with Crippen LogP contribution in [0.25, 0.3) is 0 Å². The minimum Gasteiger partial charge on any atom is -0.374 e. The van der Waals surface area contributed by atoms with Gasteiger partial charge in [-0.05, 0) is 36.8 Å². The fourth-order valence-electron chi connectivity index (χ4n) is 1.77. The van der Waals surface area contributed by atoms with E-state index < -0.39 is 17.3 Å². The fraction of sp³-hybridized carbons (Fsp3) is 0.176. The first-order valence-electron chi connectivity index (χ1n) is 6.27. The Bertz CT molecular complexity index is 659. The Morgan fingerprint density at radius 1 is 0.857 bits per heavy atom. The molecule has 2 aromatic carbocycles. The molecule has 0 bridgehead atoms. The Labute approximate surface area is 121 Å². The second kappa shape index (κ2) is 5.63. The third-order valence-corrected chi connectivity index (χ3v) is 3.00. The number of alkyl halides is 3. The van der Waals surface area contributed by atoms with Crippen molar-refractivity contribution in [2.24, 2.45) is 0 Å². The summed E-state index contributed by atoms with van der Waals surface area (Å²) in [6, 6.07) is 13.4. The van der Waals surface area contributed by atoms with Crippen molar-refractivity contribution in [2.75, 3.05) is 0 Å². The first kappa shape index (κ1) is 15.1. The molecule has 0 radical (unpaired) electrons. The van der Waals surface area contributed by atoms with Crippen LogP contribution in [-0.4, -0.2) is 5.11 Å². The lowest BCUT2D eigenvalue weighted by Crippen LogP contribution is -2.19. The van der Waals surface area contributed by atoms with Gasteiger partial charge in [-0.3, -0.25) is 0 Å². The molecule has 0 heterocycles. The highest BCUT2D eigenvalue weighted by Gasteiger charge is 2.31. The Morgan fingerprint density at radius 3 is 1.90 bits per heavy atom. The van der Waals surface area contributed by atoms with Gasteiger partial charge in [-0.25, -0.2) is 0 Å². The van der Waals surface area contributed by atoms with Crippen LogP contribution in [-0.2, 0) is 11.8 Å². The van der Waals surface area contributed by atoms with E-state index in [1.54, 1.807) is 12.1 Å². The van der Waals surface area contributed by atoms with Crippen molar-refractivity contribution in [3.05, 3.63) is 71.3 Å². The molecule has 0 aliphatic rings. The van der Waals surface area contributed by atoms with E-state index in [-0.39, 0.29) is 0 Å². The molecule has 0 aliphatic carbocycles. The molecule has 4 heteroatoms. The molecule has 108 valence electrons. The number of aliphatic hydroxyl groups is 1. The summed E-state index contributed by atoms with van der Waals surface area (Å²) >= 11 is 0. The summed E-state index contributed by atoms with van der Waals surface area (Å²) in [4.78, 5) is 0. The van der Waals surface area contributed by atoms with E-state index in [2.05, 4.69) is 11.8 Å². The van der Waals surface area contributed by atoms with Crippen LogP contribution >= 0.6 is 0 Å². The van der Waals surface area contributed by atoms with E-state index in [0.717, 1.165) is 17.7 Å². The van der Waals surface area contributed by atoms with Crippen molar-refractivity contribution < 1.29 is 18.3 Å². The van der Waals surface area contributed by atoms with Gasteiger partial charge in [-0.15, -0.1) is 0 Å². The predicted molar refractivity (Wildman–Crippen MR) is 74.3 cm³/mol. The first-order valence-corrected chi connectivity index (χ1v) is 6.27. The summed E-state index contributed by atoms with van der Waals surface area (Å²) in [6.45, 7) is 1.45. The molecule has 0 aromatic heterocycles. The maximum atomic E-state index is 12.5. The molecule has 0 amide bonds. The van der Waals surface area contributed by atoms with Crippen LogP contribution in [0.5, 0.6) is 0 Å². The molecule has 0 spiro atoms. The van der Waals surface area contributed by atoms with Crippen LogP contribution in [0, 0.1) is 11.8 Å². The van der Waals surface area contributed by atoms with Crippen molar-refractivity contribution in [1.82, 2.24) is 0 Å². The van der Waals surface area contributed by atoms with Gasteiger partial charge in [0.05, 0.1) is 5.56 Å². The molecule has 1 N–H and O–H groups in total. The molecule has 2 rings (SSSR count). The quantitative estimate of drug-likeness (QED) is 0.788. The van der Waals surface area contributed by atoms with Gasteiger partial charge in [0.25, 0.3) is 0 Å². The van der Waals surface area contributed by atoms with Crippen molar-refractivity contribution in [3.8, 4) is 11.8 Å². The number of halogens is 3. The van der Waals surface area contributed by atoms with Crippen molar-refractivity contribution in [2.45, 2.75) is 18.7 Å². The topological polar surface area (TPSA) is 20.2 Å². The molecular formula is C17H13F3O. The SMILES string of the molecule is C[C@@](O)(C#Cc1ccccc1)c1ccc(C(F)(F)F)cc1. The third-order valence-electron chi connectivity index (χ3n) is 3.00. The first-order chi connectivity index (χ1) is 9.79. The lowest BCUT2D eigenvalue weighted by molar-refractivity contribution is -0.137. The largest absolute Gasteiger partial charge is 0.416 e. The molecular weight excluding hydrogens is 277 g/mol. The lowest BCUT2D eigenvalue weighted by atomic mass is 9.95. The molecule has 0 aliphatic heterocycles. The van der Waals surface area contributed by atoms with Gasteiger partial charge in [0, 0.05) is 5.56 Å². The maximum absolute atomic E-state index is 12.5. The second-order valence-corrected chi connectivity index (χ2v) is 4.76. The van der Waals surface area contributed by atoms with Gasteiger partial charge in [0.1, 0.15) is 5.60 Å². The Kier molecular flexibility index (Phi) is 4.06. The summed E-state index contributed by atoms with van der Waals surface area (Å²) in [5, 5.41) is 10.3. The van der Waals surface area contributed by atoms with Crippen LogP contribution in [0.2, 0.25) is 0 Å². The van der Waals surface area contributed by atoms with Crippen LogP contribution in [0.1, 0.15) is 23.6 Å². The Balaban J connectivity index is 2.26. The highest BCUT2D eigenvalue weighted by Crippen LogP contribution is 2.30. The monoisotopic (exact) mass is 290 g/mol. The van der Waals surface area contributed by atoms with E-state index >= 15 is 0 Å². The van der Waals surface area contributed by atoms with Crippen LogP contribution < -0.4 is 0 Å². The molecule has 0 fully saturated rings. The van der Waals surface area contributed by atoms with Gasteiger partial charge in [-0.2, -0.15) is 13.2 Å². The average molecular weight is 290 g/mol. The summed E-state index contributed by atoms with van der Waals surface area (Å²) in [7, 11) is 0. The van der Waals surface area contributed by atoms with E-state index in [1.165, 1.54) is 19.1 Å². The molecule has 0 saturated heterocycles. The zero-order valence-electron chi connectivity index (χ0n) is 11.3. The second-order valence-electron chi connectivity index (χ2n) is 4.76. The lowest BCUT2D eigenvalue weighted by Gasteiger charge is -2.17. The van der Waals surface area contributed by atoms with E-state index in [4.69, 9.17) is 0 Å². The molecule has 21 heavy (non-hydrogen) atoms. The molecule has 1 nitrogen and oxygen atoms in total. The average Bonchev–Trinajstić information content (AvgIpc) is 2.46. The highest BCUT2D eigenvalue weighted by molar-refractivity contribution is 5.40. The Hall–Kier alpha value is -2.25. The normalized spacial score (nSPS) is 14.0. The van der Waals surface area contributed by atoms with E-state index in [1.807, 2.05) is 18.2 Å².